The van der Waals surface area contributed by atoms with Crippen LogP contribution in [0.25, 0.3) is 0 Å². The first kappa shape index (κ1) is 14.9. The van der Waals surface area contributed by atoms with Crippen molar-refractivity contribution in [2.45, 2.75) is 13.3 Å². The number of aromatic nitrogens is 1. The first-order valence-corrected chi connectivity index (χ1v) is 6.57. The fourth-order valence-corrected chi connectivity index (χ4v) is 1.99. The van der Waals surface area contributed by atoms with Crippen LogP contribution in [-0.4, -0.2) is 17.4 Å². The highest BCUT2D eigenvalue weighted by Crippen LogP contribution is 2.09. The molecule has 1 heterocycles. The molecular weight excluding hydrogens is 271 g/mol. The van der Waals surface area contributed by atoms with Gasteiger partial charge in [-0.05, 0) is 37.1 Å². The molecule has 21 heavy (non-hydrogen) atoms. The quantitative estimate of drug-likeness (QED) is 0.579. The Hall–Kier alpha value is -2.47. The minimum atomic E-state index is -0.263. The van der Waals surface area contributed by atoms with Gasteiger partial charge >= 0.3 is 0 Å². The zero-order chi connectivity index (χ0) is 15.2. The van der Waals surface area contributed by atoms with Gasteiger partial charge in [0.2, 0.25) is 0 Å². The lowest BCUT2D eigenvalue weighted by Crippen LogP contribution is -2.26. The average Bonchev–Trinajstić information content (AvgIpc) is 2.48. The standard InChI is InChI=1S/C15H17FN4O/c1-10-8-12(9-14(19-10)20-17)15(21)18-7-6-11-4-2-3-5-13(11)16/h2-5,8-9H,6-7,17H2,1H3,(H,18,21)(H,19,20). The zero-order valence-electron chi connectivity index (χ0n) is 11.7. The molecule has 0 saturated heterocycles. The van der Waals surface area contributed by atoms with Crippen molar-refractivity contribution in [3.05, 3.63) is 59.0 Å². The number of carbonyl (C=O) groups is 1. The lowest BCUT2D eigenvalue weighted by atomic mass is 10.1. The Morgan fingerprint density at radius 1 is 1.33 bits per heavy atom. The van der Waals surface area contributed by atoms with E-state index in [1.807, 2.05) is 0 Å². The Balaban J connectivity index is 1.96. The van der Waals surface area contributed by atoms with Gasteiger partial charge in [-0.15, -0.1) is 0 Å². The molecule has 0 bridgehead atoms. The number of hydrogen-bond donors (Lipinski definition) is 3. The largest absolute Gasteiger partial charge is 0.352 e. The lowest BCUT2D eigenvalue weighted by molar-refractivity contribution is 0.0954. The summed E-state index contributed by atoms with van der Waals surface area (Å²) < 4.78 is 13.4. The molecule has 1 amide bonds. The van der Waals surface area contributed by atoms with Crippen LogP contribution in [0.15, 0.2) is 36.4 Å². The van der Waals surface area contributed by atoms with E-state index in [9.17, 15) is 9.18 Å². The van der Waals surface area contributed by atoms with Crippen LogP contribution < -0.4 is 16.6 Å². The summed E-state index contributed by atoms with van der Waals surface area (Å²) in [5.41, 5.74) is 4.14. The normalized spacial score (nSPS) is 10.2. The van der Waals surface area contributed by atoms with E-state index in [0.29, 0.717) is 35.6 Å². The molecule has 0 radical (unpaired) electrons. The van der Waals surface area contributed by atoms with Crippen LogP contribution in [0.5, 0.6) is 0 Å². The van der Waals surface area contributed by atoms with Crippen LogP contribution in [0.1, 0.15) is 21.6 Å². The van der Waals surface area contributed by atoms with E-state index in [1.165, 1.54) is 6.07 Å². The Labute approximate surface area is 122 Å². The van der Waals surface area contributed by atoms with E-state index < -0.39 is 0 Å². The molecule has 6 heteroatoms. The Kier molecular flexibility index (Phi) is 4.84. The van der Waals surface area contributed by atoms with Crippen LogP contribution in [0.4, 0.5) is 10.2 Å². The number of nitrogens with one attached hydrogen (secondary N) is 2. The van der Waals surface area contributed by atoms with Gasteiger partial charge in [0.25, 0.3) is 5.91 Å². The average molecular weight is 288 g/mol. The molecule has 110 valence electrons. The molecule has 0 fully saturated rings. The molecule has 4 N–H and O–H groups in total. The second kappa shape index (κ2) is 6.81. The first-order valence-electron chi connectivity index (χ1n) is 6.57. The second-order valence-electron chi connectivity index (χ2n) is 4.62. The van der Waals surface area contributed by atoms with Gasteiger partial charge in [0, 0.05) is 17.8 Å². The fraction of sp³-hybridized carbons (Fsp3) is 0.200. The number of aryl methyl sites for hydroxylation is 1. The third-order valence-electron chi connectivity index (χ3n) is 3.00. The molecule has 0 spiro atoms. The summed E-state index contributed by atoms with van der Waals surface area (Å²) in [6, 6.07) is 9.74. The predicted molar refractivity (Wildman–Crippen MR) is 79.2 cm³/mol. The van der Waals surface area contributed by atoms with E-state index in [2.05, 4.69) is 15.7 Å². The maximum atomic E-state index is 13.4. The molecule has 2 aromatic rings. The van der Waals surface area contributed by atoms with Gasteiger partial charge in [-0.2, -0.15) is 0 Å². The number of benzene rings is 1. The number of nitrogens with zero attached hydrogens (tertiary/aromatic N) is 1. The number of pyridine rings is 1. The SMILES string of the molecule is Cc1cc(C(=O)NCCc2ccccc2F)cc(NN)n1. The molecule has 0 saturated carbocycles. The summed E-state index contributed by atoms with van der Waals surface area (Å²) in [4.78, 5) is 16.1. The molecule has 0 aliphatic heterocycles. The van der Waals surface area contributed by atoms with Crippen molar-refractivity contribution < 1.29 is 9.18 Å². The number of amides is 1. The number of halogens is 1. The summed E-state index contributed by atoms with van der Waals surface area (Å²) in [5.74, 6) is 5.21. The van der Waals surface area contributed by atoms with E-state index in [1.54, 1.807) is 37.3 Å². The number of nitrogen functional groups attached to an aromatic ring is 1. The van der Waals surface area contributed by atoms with Crippen LogP contribution in [0, 0.1) is 12.7 Å². The van der Waals surface area contributed by atoms with E-state index in [4.69, 9.17) is 5.84 Å². The van der Waals surface area contributed by atoms with Crippen molar-refractivity contribution in [3.8, 4) is 0 Å². The van der Waals surface area contributed by atoms with E-state index in [-0.39, 0.29) is 11.7 Å². The summed E-state index contributed by atoms with van der Waals surface area (Å²) >= 11 is 0. The van der Waals surface area contributed by atoms with Gasteiger partial charge in [0.15, 0.2) is 0 Å². The first-order chi connectivity index (χ1) is 10.1. The Bertz CT molecular complexity index is 645. The fourth-order valence-electron chi connectivity index (χ4n) is 1.99. The van der Waals surface area contributed by atoms with Gasteiger partial charge < -0.3 is 10.7 Å². The predicted octanol–water partition coefficient (Wildman–Crippen LogP) is 1.79. The third kappa shape index (κ3) is 4.00. The van der Waals surface area contributed by atoms with E-state index in [0.717, 1.165) is 0 Å². The third-order valence-corrected chi connectivity index (χ3v) is 3.00. The van der Waals surface area contributed by atoms with Crippen molar-refractivity contribution >= 4 is 11.7 Å². The number of hydrogen-bond acceptors (Lipinski definition) is 4. The molecule has 1 aromatic heterocycles. The van der Waals surface area contributed by atoms with Crippen LogP contribution >= 0.6 is 0 Å². The maximum absolute atomic E-state index is 13.4. The molecule has 0 aliphatic carbocycles. The summed E-state index contributed by atoms with van der Waals surface area (Å²) in [5, 5.41) is 2.75. The van der Waals surface area contributed by atoms with Gasteiger partial charge in [-0.1, -0.05) is 18.2 Å². The highest BCUT2D eigenvalue weighted by molar-refractivity contribution is 5.94. The number of hydrazine groups is 1. The summed E-state index contributed by atoms with van der Waals surface area (Å²) in [6.07, 6.45) is 0.435. The molecule has 0 atom stereocenters. The van der Waals surface area contributed by atoms with Crippen molar-refractivity contribution in [2.75, 3.05) is 12.0 Å². The highest BCUT2D eigenvalue weighted by Gasteiger charge is 2.08. The number of anilines is 1. The van der Waals surface area contributed by atoms with Crippen molar-refractivity contribution in [2.24, 2.45) is 5.84 Å². The minimum absolute atomic E-state index is 0.242. The summed E-state index contributed by atoms with van der Waals surface area (Å²) in [6.45, 7) is 2.13. The lowest BCUT2D eigenvalue weighted by Gasteiger charge is -2.08. The smallest absolute Gasteiger partial charge is 0.251 e. The Morgan fingerprint density at radius 3 is 2.81 bits per heavy atom. The monoisotopic (exact) mass is 288 g/mol. The van der Waals surface area contributed by atoms with Crippen LogP contribution in [0.3, 0.4) is 0 Å². The number of nitrogens with two attached hydrogens (primary N) is 1. The van der Waals surface area contributed by atoms with Crippen molar-refractivity contribution in [1.82, 2.24) is 10.3 Å². The van der Waals surface area contributed by atoms with Crippen molar-refractivity contribution in [3.63, 3.8) is 0 Å². The Morgan fingerprint density at radius 2 is 2.10 bits per heavy atom. The maximum Gasteiger partial charge on any atom is 0.251 e. The second-order valence-corrected chi connectivity index (χ2v) is 4.62. The van der Waals surface area contributed by atoms with Crippen molar-refractivity contribution in [1.29, 1.82) is 0 Å². The van der Waals surface area contributed by atoms with Gasteiger partial charge in [0.1, 0.15) is 11.6 Å². The van der Waals surface area contributed by atoms with Gasteiger partial charge in [-0.3, -0.25) is 4.79 Å². The molecule has 5 nitrogen and oxygen atoms in total. The topological polar surface area (TPSA) is 80.0 Å². The van der Waals surface area contributed by atoms with Crippen LogP contribution in [-0.2, 0) is 6.42 Å². The minimum Gasteiger partial charge on any atom is -0.352 e. The molecule has 1 aromatic carbocycles. The van der Waals surface area contributed by atoms with Crippen LogP contribution in [0.2, 0.25) is 0 Å². The van der Waals surface area contributed by atoms with E-state index >= 15 is 0 Å². The number of carbonyl (C=O) groups excluding carboxylic acids is 1. The van der Waals surface area contributed by atoms with Gasteiger partial charge in [0.05, 0.1) is 0 Å². The molecule has 0 unspecified atom stereocenters. The molecule has 2 rings (SSSR count). The highest BCUT2D eigenvalue weighted by atomic mass is 19.1. The molecule has 0 aliphatic rings. The number of rotatable bonds is 5. The summed E-state index contributed by atoms with van der Waals surface area (Å²) in [7, 11) is 0. The van der Waals surface area contributed by atoms with Gasteiger partial charge in [-0.25, -0.2) is 15.2 Å². The zero-order valence-corrected chi connectivity index (χ0v) is 11.7. The molecular formula is C15H17FN4O.